The highest BCUT2D eigenvalue weighted by Crippen LogP contribution is 2.18. The number of hydrogen-bond donors (Lipinski definition) is 2. The standard InChI is InChI=1S/C19H29N3O4S/c1-19(2,3)26-18(25)21-13-16(23)20-12-14-6-8-22(9-7-14)17(24)11-15-5-4-10-27-15/h4-5,10,14H,6-9,11-13H2,1-3H3,(H,20,23)(H,21,25). The van der Waals surface area contributed by atoms with Crippen molar-refractivity contribution in [1.29, 1.82) is 0 Å². The number of carbonyl (C=O) groups excluding carboxylic acids is 3. The summed E-state index contributed by atoms with van der Waals surface area (Å²) in [6.07, 6.45) is 1.61. The molecule has 8 heteroatoms. The third-order valence-corrected chi connectivity index (χ3v) is 5.13. The third-order valence-electron chi connectivity index (χ3n) is 4.25. The fourth-order valence-electron chi connectivity index (χ4n) is 2.85. The smallest absolute Gasteiger partial charge is 0.408 e. The largest absolute Gasteiger partial charge is 0.444 e. The van der Waals surface area contributed by atoms with Gasteiger partial charge < -0.3 is 20.3 Å². The van der Waals surface area contributed by atoms with E-state index in [1.54, 1.807) is 32.1 Å². The Morgan fingerprint density at radius 3 is 2.52 bits per heavy atom. The minimum absolute atomic E-state index is 0.104. The molecule has 0 bridgehead atoms. The van der Waals surface area contributed by atoms with E-state index in [-0.39, 0.29) is 18.4 Å². The lowest BCUT2D eigenvalue weighted by Crippen LogP contribution is -2.44. The third kappa shape index (κ3) is 7.99. The van der Waals surface area contributed by atoms with Crippen molar-refractivity contribution in [3.05, 3.63) is 22.4 Å². The van der Waals surface area contributed by atoms with Crippen LogP contribution < -0.4 is 10.6 Å². The normalized spacial score (nSPS) is 15.3. The number of nitrogens with zero attached hydrogens (tertiary/aromatic N) is 1. The van der Waals surface area contributed by atoms with Gasteiger partial charge in [0.15, 0.2) is 0 Å². The number of carbonyl (C=O) groups is 3. The predicted molar refractivity (Wildman–Crippen MR) is 105 cm³/mol. The molecule has 0 spiro atoms. The lowest BCUT2D eigenvalue weighted by molar-refractivity contribution is -0.132. The topological polar surface area (TPSA) is 87.7 Å². The average Bonchev–Trinajstić information content (AvgIpc) is 3.10. The molecule has 7 nitrogen and oxygen atoms in total. The Balaban J connectivity index is 1.60. The van der Waals surface area contributed by atoms with Crippen molar-refractivity contribution >= 4 is 29.2 Å². The van der Waals surface area contributed by atoms with Gasteiger partial charge in [-0.1, -0.05) is 6.07 Å². The fourth-order valence-corrected chi connectivity index (χ4v) is 3.54. The number of rotatable bonds is 6. The number of piperidine rings is 1. The molecular formula is C19H29N3O4S. The minimum Gasteiger partial charge on any atom is -0.444 e. The molecule has 2 heterocycles. The molecule has 2 rings (SSSR count). The van der Waals surface area contributed by atoms with Crippen LogP contribution >= 0.6 is 11.3 Å². The van der Waals surface area contributed by atoms with Crippen molar-refractivity contribution in [2.75, 3.05) is 26.2 Å². The van der Waals surface area contributed by atoms with E-state index >= 15 is 0 Å². The first-order valence-electron chi connectivity index (χ1n) is 9.26. The van der Waals surface area contributed by atoms with Crippen LogP contribution in [0.3, 0.4) is 0 Å². The SMILES string of the molecule is CC(C)(C)OC(=O)NCC(=O)NCC1CCN(C(=O)Cc2cccs2)CC1. The number of nitrogens with one attached hydrogen (secondary N) is 2. The zero-order chi connectivity index (χ0) is 19.9. The quantitative estimate of drug-likeness (QED) is 0.773. The zero-order valence-corrected chi connectivity index (χ0v) is 17.1. The van der Waals surface area contributed by atoms with Gasteiger partial charge in [-0.2, -0.15) is 0 Å². The van der Waals surface area contributed by atoms with Crippen LogP contribution in [0, 0.1) is 5.92 Å². The van der Waals surface area contributed by atoms with Crippen LogP contribution in [0.25, 0.3) is 0 Å². The van der Waals surface area contributed by atoms with Crippen molar-refractivity contribution in [3.8, 4) is 0 Å². The second kappa shape index (κ2) is 9.73. The molecule has 0 aromatic carbocycles. The highest BCUT2D eigenvalue weighted by atomic mass is 32.1. The van der Waals surface area contributed by atoms with E-state index in [1.165, 1.54) is 0 Å². The molecule has 27 heavy (non-hydrogen) atoms. The molecule has 1 saturated heterocycles. The van der Waals surface area contributed by atoms with Crippen LogP contribution in [0.1, 0.15) is 38.5 Å². The summed E-state index contributed by atoms with van der Waals surface area (Å²) in [5.41, 5.74) is -0.588. The number of likely N-dealkylation sites (tertiary alicyclic amines) is 1. The Morgan fingerprint density at radius 1 is 1.22 bits per heavy atom. The van der Waals surface area contributed by atoms with Crippen molar-refractivity contribution in [2.24, 2.45) is 5.92 Å². The monoisotopic (exact) mass is 395 g/mol. The summed E-state index contributed by atoms with van der Waals surface area (Å²) in [5.74, 6) is 0.278. The molecule has 1 aliphatic heterocycles. The summed E-state index contributed by atoms with van der Waals surface area (Å²) in [6.45, 7) is 7.20. The summed E-state index contributed by atoms with van der Waals surface area (Å²) in [4.78, 5) is 38.7. The number of ether oxygens (including phenoxy) is 1. The number of hydrogen-bond acceptors (Lipinski definition) is 5. The van der Waals surface area contributed by atoms with E-state index in [0.717, 1.165) is 30.8 Å². The highest BCUT2D eigenvalue weighted by molar-refractivity contribution is 7.10. The van der Waals surface area contributed by atoms with E-state index in [2.05, 4.69) is 10.6 Å². The molecule has 0 saturated carbocycles. The van der Waals surface area contributed by atoms with Gasteiger partial charge in [0.25, 0.3) is 0 Å². The van der Waals surface area contributed by atoms with Gasteiger partial charge in [0.1, 0.15) is 5.60 Å². The van der Waals surface area contributed by atoms with E-state index in [9.17, 15) is 14.4 Å². The maximum atomic E-state index is 12.3. The second-order valence-corrected chi connectivity index (χ2v) is 8.77. The Morgan fingerprint density at radius 2 is 1.93 bits per heavy atom. The van der Waals surface area contributed by atoms with Gasteiger partial charge in [-0.05, 0) is 51.0 Å². The fraction of sp³-hybridized carbons (Fsp3) is 0.632. The van der Waals surface area contributed by atoms with Crippen molar-refractivity contribution in [1.82, 2.24) is 15.5 Å². The molecule has 150 valence electrons. The molecule has 0 radical (unpaired) electrons. The van der Waals surface area contributed by atoms with Crippen molar-refractivity contribution in [2.45, 2.75) is 45.6 Å². The lowest BCUT2D eigenvalue weighted by Gasteiger charge is -2.32. The van der Waals surface area contributed by atoms with Crippen LogP contribution in [-0.2, 0) is 20.7 Å². The Bertz CT molecular complexity index is 632. The van der Waals surface area contributed by atoms with Gasteiger partial charge >= 0.3 is 6.09 Å². The van der Waals surface area contributed by atoms with Crippen LogP contribution in [-0.4, -0.2) is 54.6 Å². The summed E-state index contributed by atoms with van der Waals surface area (Å²) >= 11 is 1.60. The molecule has 3 amide bonds. The summed E-state index contributed by atoms with van der Waals surface area (Å²) in [5, 5.41) is 7.27. The first kappa shape index (κ1) is 21.2. The molecular weight excluding hydrogens is 366 g/mol. The molecule has 1 fully saturated rings. The van der Waals surface area contributed by atoms with Gasteiger partial charge in [0.05, 0.1) is 13.0 Å². The number of thiophene rings is 1. The Kier molecular flexibility index (Phi) is 7.65. The van der Waals surface area contributed by atoms with Crippen LogP contribution in [0.5, 0.6) is 0 Å². The summed E-state index contributed by atoms with van der Waals surface area (Å²) in [6, 6.07) is 3.94. The lowest BCUT2D eigenvalue weighted by atomic mass is 9.96. The van der Waals surface area contributed by atoms with E-state index in [0.29, 0.717) is 18.9 Å². The van der Waals surface area contributed by atoms with Crippen LogP contribution in [0.4, 0.5) is 4.79 Å². The first-order valence-corrected chi connectivity index (χ1v) is 10.1. The molecule has 0 unspecified atom stereocenters. The van der Waals surface area contributed by atoms with Crippen molar-refractivity contribution in [3.63, 3.8) is 0 Å². The first-order chi connectivity index (χ1) is 12.7. The van der Waals surface area contributed by atoms with E-state index in [1.807, 2.05) is 22.4 Å². The zero-order valence-electron chi connectivity index (χ0n) is 16.2. The van der Waals surface area contributed by atoms with E-state index in [4.69, 9.17) is 4.74 Å². The van der Waals surface area contributed by atoms with Gasteiger partial charge in [-0.15, -0.1) is 11.3 Å². The van der Waals surface area contributed by atoms with Gasteiger partial charge in [-0.3, -0.25) is 9.59 Å². The predicted octanol–water partition coefficient (Wildman–Crippen LogP) is 2.17. The highest BCUT2D eigenvalue weighted by Gasteiger charge is 2.23. The molecule has 0 atom stereocenters. The molecule has 1 aliphatic rings. The van der Waals surface area contributed by atoms with Crippen LogP contribution in [0.2, 0.25) is 0 Å². The Labute approximate surface area is 164 Å². The summed E-state index contributed by atoms with van der Waals surface area (Å²) < 4.78 is 5.09. The molecule has 1 aromatic rings. The van der Waals surface area contributed by atoms with E-state index < -0.39 is 11.7 Å². The van der Waals surface area contributed by atoms with Crippen molar-refractivity contribution < 1.29 is 19.1 Å². The van der Waals surface area contributed by atoms with Gasteiger partial charge in [0, 0.05) is 24.5 Å². The number of alkyl carbamates (subject to hydrolysis) is 1. The molecule has 1 aromatic heterocycles. The van der Waals surface area contributed by atoms with Gasteiger partial charge in [0.2, 0.25) is 11.8 Å². The number of amides is 3. The second-order valence-electron chi connectivity index (χ2n) is 7.74. The van der Waals surface area contributed by atoms with Crippen LogP contribution in [0.15, 0.2) is 17.5 Å². The summed E-state index contributed by atoms with van der Waals surface area (Å²) in [7, 11) is 0. The Hall–Kier alpha value is -2.09. The van der Waals surface area contributed by atoms with Gasteiger partial charge in [-0.25, -0.2) is 4.79 Å². The molecule has 2 N–H and O–H groups in total. The minimum atomic E-state index is -0.602. The average molecular weight is 396 g/mol. The maximum Gasteiger partial charge on any atom is 0.408 e. The molecule has 0 aliphatic carbocycles. The maximum absolute atomic E-state index is 12.3.